The van der Waals surface area contributed by atoms with Crippen LogP contribution in [0.15, 0.2) is 9.85 Å². The molecule has 1 aliphatic rings. The zero-order valence-electron chi connectivity index (χ0n) is 10.5. The summed E-state index contributed by atoms with van der Waals surface area (Å²) in [6.45, 7) is 4.64. The van der Waals surface area contributed by atoms with Gasteiger partial charge >= 0.3 is 0 Å². The van der Waals surface area contributed by atoms with Crippen molar-refractivity contribution in [3.8, 4) is 0 Å². The highest BCUT2D eigenvalue weighted by molar-refractivity contribution is 9.11. The van der Waals surface area contributed by atoms with Crippen LogP contribution in [0.3, 0.4) is 0 Å². The molecule has 0 saturated carbocycles. The molecule has 1 unspecified atom stereocenters. The quantitative estimate of drug-likeness (QED) is 0.794. The van der Waals surface area contributed by atoms with Gasteiger partial charge in [-0.1, -0.05) is 13.3 Å². The predicted octanol–water partition coefficient (Wildman–Crippen LogP) is 3.61. The van der Waals surface area contributed by atoms with E-state index in [1.54, 1.807) is 0 Å². The summed E-state index contributed by atoms with van der Waals surface area (Å²) in [6, 6.07) is 1.84. The van der Waals surface area contributed by atoms with Crippen LogP contribution in [-0.4, -0.2) is 23.3 Å². The molecule has 2 amide bonds. The minimum Gasteiger partial charge on any atom is -0.278 e. The van der Waals surface area contributed by atoms with Crippen molar-refractivity contribution in [2.75, 3.05) is 6.54 Å². The van der Waals surface area contributed by atoms with Crippen molar-refractivity contribution in [2.45, 2.75) is 33.1 Å². The van der Waals surface area contributed by atoms with Gasteiger partial charge in [0.25, 0.3) is 5.91 Å². The lowest BCUT2D eigenvalue weighted by Gasteiger charge is -2.13. The van der Waals surface area contributed by atoms with Crippen LogP contribution in [0.1, 0.15) is 41.4 Å². The molecule has 0 radical (unpaired) electrons. The third-order valence-electron chi connectivity index (χ3n) is 3.22. The minimum absolute atomic E-state index is 0.0272. The first-order chi connectivity index (χ1) is 8.52. The maximum atomic E-state index is 12.3. The maximum absolute atomic E-state index is 12.3. The van der Waals surface area contributed by atoms with Gasteiger partial charge in [0.15, 0.2) is 0 Å². The minimum atomic E-state index is -0.141. The lowest BCUT2D eigenvalue weighted by molar-refractivity contribution is -0.125. The number of carbonyl (C=O) groups is 2. The smallest absolute Gasteiger partial charge is 0.270 e. The fraction of sp³-hybridized carbons (Fsp3) is 0.538. The van der Waals surface area contributed by atoms with E-state index in [0.717, 1.165) is 22.2 Å². The van der Waals surface area contributed by atoms with E-state index >= 15 is 0 Å². The van der Waals surface area contributed by atoms with E-state index in [2.05, 4.69) is 22.9 Å². The highest BCUT2D eigenvalue weighted by Crippen LogP contribution is 2.30. The van der Waals surface area contributed by atoms with Crippen LogP contribution in [0.2, 0.25) is 0 Å². The van der Waals surface area contributed by atoms with Crippen LogP contribution in [-0.2, 0) is 4.79 Å². The van der Waals surface area contributed by atoms with Crippen LogP contribution in [0, 0.1) is 12.8 Å². The molecule has 3 nitrogen and oxygen atoms in total. The van der Waals surface area contributed by atoms with E-state index in [9.17, 15) is 9.59 Å². The molecule has 2 rings (SSSR count). The second kappa shape index (κ2) is 5.53. The van der Waals surface area contributed by atoms with Crippen molar-refractivity contribution >= 4 is 39.1 Å². The molecule has 1 saturated heterocycles. The third-order valence-corrected chi connectivity index (χ3v) is 5.34. The summed E-state index contributed by atoms with van der Waals surface area (Å²) < 4.78 is 0.961. The van der Waals surface area contributed by atoms with Crippen molar-refractivity contribution in [1.29, 1.82) is 0 Å². The largest absolute Gasteiger partial charge is 0.278 e. The lowest BCUT2D eigenvalue weighted by atomic mass is 10.0. The molecule has 1 fully saturated rings. The predicted molar refractivity (Wildman–Crippen MR) is 75.8 cm³/mol. The monoisotopic (exact) mass is 329 g/mol. The number of thiophene rings is 1. The molecule has 0 spiro atoms. The number of likely N-dealkylation sites (tertiary alicyclic amines) is 1. The number of nitrogens with zero attached hydrogens (tertiary/aromatic N) is 1. The number of amides is 2. The Morgan fingerprint density at radius 2 is 2.33 bits per heavy atom. The first-order valence-corrected chi connectivity index (χ1v) is 7.74. The summed E-state index contributed by atoms with van der Waals surface area (Å²) in [5.74, 6) is 0.175. The summed E-state index contributed by atoms with van der Waals surface area (Å²) in [5.41, 5.74) is 1.04. The third kappa shape index (κ3) is 2.67. The maximum Gasteiger partial charge on any atom is 0.270 e. The van der Waals surface area contributed by atoms with Gasteiger partial charge in [0.2, 0.25) is 5.91 Å². The van der Waals surface area contributed by atoms with Crippen molar-refractivity contribution in [3.05, 3.63) is 20.3 Å². The van der Waals surface area contributed by atoms with Gasteiger partial charge in [-0.2, -0.15) is 0 Å². The molecule has 0 aromatic carbocycles. The second-order valence-electron chi connectivity index (χ2n) is 4.74. The number of hydrogen-bond acceptors (Lipinski definition) is 3. The normalized spacial score (nSPS) is 19.6. The summed E-state index contributed by atoms with van der Waals surface area (Å²) in [5, 5.41) is 0. The Labute approximate surface area is 119 Å². The van der Waals surface area contributed by atoms with Crippen LogP contribution < -0.4 is 0 Å². The van der Waals surface area contributed by atoms with Crippen molar-refractivity contribution in [1.82, 2.24) is 4.90 Å². The molecule has 1 atom stereocenters. The highest BCUT2D eigenvalue weighted by atomic mass is 79.9. The Hall–Kier alpha value is -0.680. The lowest BCUT2D eigenvalue weighted by Crippen LogP contribution is -2.31. The molecule has 5 heteroatoms. The van der Waals surface area contributed by atoms with E-state index in [1.807, 2.05) is 13.0 Å². The molecule has 1 aliphatic heterocycles. The fourth-order valence-corrected chi connectivity index (χ4v) is 3.76. The molecular weight excluding hydrogens is 314 g/mol. The SMILES string of the molecule is CCCC1CC(=O)N(C(=O)c2cc(C)c(Br)s2)C1. The Morgan fingerprint density at radius 1 is 1.61 bits per heavy atom. The topological polar surface area (TPSA) is 37.4 Å². The average molecular weight is 330 g/mol. The molecule has 0 aliphatic carbocycles. The summed E-state index contributed by atoms with van der Waals surface area (Å²) in [7, 11) is 0. The molecule has 98 valence electrons. The van der Waals surface area contributed by atoms with Gasteiger partial charge in [-0.15, -0.1) is 11.3 Å². The van der Waals surface area contributed by atoms with Crippen LogP contribution in [0.5, 0.6) is 0 Å². The van der Waals surface area contributed by atoms with E-state index in [4.69, 9.17) is 0 Å². The average Bonchev–Trinajstić information content (AvgIpc) is 2.83. The summed E-state index contributed by atoms with van der Waals surface area (Å²) in [4.78, 5) is 26.2. The number of halogens is 1. The Kier molecular flexibility index (Phi) is 4.22. The molecule has 0 N–H and O–H groups in total. The van der Waals surface area contributed by atoms with Crippen LogP contribution >= 0.6 is 27.3 Å². The van der Waals surface area contributed by atoms with Gasteiger partial charge in [-0.3, -0.25) is 14.5 Å². The van der Waals surface area contributed by atoms with Crippen LogP contribution in [0.25, 0.3) is 0 Å². The Bertz CT molecular complexity index is 464. The van der Waals surface area contributed by atoms with Gasteiger partial charge < -0.3 is 0 Å². The van der Waals surface area contributed by atoms with Gasteiger partial charge in [0, 0.05) is 13.0 Å². The van der Waals surface area contributed by atoms with Crippen molar-refractivity contribution in [3.63, 3.8) is 0 Å². The first-order valence-electron chi connectivity index (χ1n) is 6.13. The fourth-order valence-electron chi connectivity index (χ4n) is 2.28. The zero-order chi connectivity index (χ0) is 13.3. The van der Waals surface area contributed by atoms with Crippen molar-refractivity contribution in [2.24, 2.45) is 5.92 Å². The Morgan fingerprint density at radius 3 is 2.89 bits per heavy atom. The summed E-state index contributed by atoms with van der Waals surface area (Å²) in [6.07, 6.45) is 2.59. The van der Waals surface area contributed by atoms with Crippen LogP contribution in [0.4, 0.5) is 0 Å². The molecule has 18 heavy (non-hydrogen) atoms. The van der Waals surface area contributed by atoms with Gasteiger partial charge in [0.1, 0.15) is 0 Å². The van der Waals surface area contributed by atoms with Gasteiger partial charge in [-0.25, -0.2) is 0 Å². The van der Waals surface area contributed by atoms with Gasteiger partial charge in [0.05, 0.1) is 8.66 Å². The van der Waals surface area contributed by atoms with Crippen molar-refractivity contribution < 1.29 is 9.59 Å². The standard InChI is InChI=1S/C13H16BrNO2S/c1-3-4-9-6-11(16)15(7-9)13(17)10-5-8(2)12(14)18-10/h5,9H,3-4,6-7H2,1-2H3. The number of carbonyl (C=O) groups excluding carboxylic acids is 2. The summed E-state index contributed by atoms with van der Waals surface area (Å²) >= 11 is 4.81. The number of hydrogen-bond donors (Lipinski definition) is 0. The highest BCUT2D eigenvalue weighted by Gasteiger charge is 2.34. The first kappa shape index (κ1) is 13.7. The number of imide groups is 1. The molecular formula is C13H16BrNO2S. The van der Waals surface area contributed by atoms with E-state index in [-0.39, 0.29) is 11.8 Å². The number of aryl methyl sites for hydroxylation is 1. The van der Waals surface area contributed by atoms with E-state index in [0.29, 0.717) is 23.8 Å². The molecule has 2 heterocycles. The van der Waals surface area contributed by atoms with Gasteiger partial charge in [-0.05, 0) is 46.8 Å². The van der Waals surface area contributed by atoms with E-state index < -0.39 is 0 Å². The molecule has 1 aromatic rings. The second-order valence-corrected chi connectivity index (χ2v) is 7.11. The Balaban J connectivity index is 2.12. The molecule has 1 aromatic heterocycles. The van der Waals surface area contributed by atoms with E-state index in [1.165, 1.54) is 16.2 Å². The molecule has 0 bridgehead atoms. The zero-order valence-corrected chi connectivity index (χ0v) is 12.9. The number of rotatable bonds is 3.